The van der Waals surface area contributed by atoms with Crippen molar-refractivity contribution in [2.45, 2.75) is 45.3 Å². The number of aryl methyl sites for hydroxylation is 2. The second-order valence-corrected chi connectivity index (χ2v) is 6.13. The Hall–Kier alpha value is -0.400. The number of hydrogen-bond donors (Lipinski definition) is 2. The molecule has 3 N–H and O–H groups in total. The molecule has 0 saturated carbocycles. The predicted molar refractivity (Wildman–Crippen MR) is 89.7 cm³/mol. The molecule has 0 aliphatic carbocycles. The number of nitrogens with zero attached hydrogens (tertiary/aromatic N) is 1. The maximum atomic E-state index is 11.9. The van der Waals surface area contributed by atoms with E-state index in [1.165, 1.54) is 4.88 Å². The number of aromatic nitrogens is 1. The van der Waals surface area contributed by atoms with Crippen molar-refractivity contribution in [2.24, 2.45) is 5.73 Å². The van der Waals surface area contributed by atoms with E-state index in [1.54, 1.807) is 11.3 Å². The van der Waals surface area contributed by atoms with E-state index in [1.807, 2.05) is 13.8 Å². The molecule has 0 aromatic carbocycles. The Balaban J connectivity index is 0.00000200. The van der Waals surface area contributed by atoms with Gasteiger partial charge in [0, 0.05) is 24.4 Å². The largest absolute Gasteiger partial charge is 0.364 e. The molecule has 0 unspecified atom stereocenters. The first-order valence-electron chi connectivity index (χ1n) is 6.66. The van der Waals surface area contributed by atoms with Gasteiger partial charge in [0.15, 0.2) is 0 Å². The summed E-state index contributed by atoms with van der Waals surface area (Å²) in [5, 5.41) is 4.00. The average molecular weight is 356 g/mol. The monoisotopic (exact) mass is 355 g/mol. The van der Waals surface area contributed by atoms with Gasteiger partial charge in [-0.15, -0.1) is 36.2 Å². The lowest BCUT2D eigenvalue weighted by atomic mass is 10.2. The first-order chi connectivity index (χ1) is 9.10. The molecule has 2 rings (SSSR count). The number of nitrogens with one attached hydrogen (secondary N) is 1. The highest BCUT2D eigenvalue weighted by atomic mass is 35.5. The summed E-state index contributed by atoms with van der Waals surface area (Å²) in [6.07, 6.45) is 2.20. The zero-order valence-corrected chi connectivity index (χ0v) is 14.7. The topological polar surface area (TPSA) is 77.2 Å². The van der Waals surface area contributed by atoms with Gasteiger partial charge >= 0.3 is 0 Å². The Labute approximate surface area is 141 Å². The van der Waals surface area contributed by atoms with Crippen LogP contribution in [-0.2, 0) is 16.0 Å². The summed E-state index contributed by atoms with van der Waals surface area (Å²) < 4.78 is 5.56. The summed E-state index contributed by atoms with van der Waals surface area (Å²) in [5.74, 6) is -0.0187. The van der Waals surface area contributed by atoms with Crippen LogP contribution in [0.3, 0.4) is 0 Å². The Bertz CT molecular complexity index is 457. The number of thiazole rings is 1. The summed E-state index contributed by atoms with van der Waals surface area (Å²) in [6, 6.07) is 0. The number of carbonyl (C=O) groups is 1. The number of hydrogen-bond acceptors (Lipinski definition) is 5. The standard InChI is InChI=1S/C13H21N3O2S.2ClH/c1-8-12(19-9(2)16-8)5-6-15-13(17)11-4-3-10(7-14)18-11;;/h10-11H,3-7,14H2,1-2H3,(H,15,17);2*1H/t10-,11+;;/m1../s1. The van der Waals surface area contributed by atoms with Crippen LogP contribution < -0.4 is 11.1 Å². The van der Waals surface area contributed by atoms with Gasteiger partial charge in [0.1, 0.15) is 6.10 Å². The summed E-state index contributed by atoms with van der Waals surface area (Å²) >= 11 is 1.69. The van der Waals surface area contributed by atoms with Gasteiger partial charge in [-0.3, -0.25) is 4.79 Å². The van der Waals surface area contributed by atoms with Crippen LogP contribution in [0.1, 0.15) is 28.4 Å². The molecule has 1 fully saturated rings. The normalized spacial score (nSPS) is 20.5. The molecule has 122 valence electrons. The lowest BCUT2D eigenvalue weighted by Crippen LogP contribution is -2.36. The van der Waals surface area contributed by atoms with Crippen molar-refractivity contribution in [3.05, 3.63) is 15.6 Å². The Morgan fingerprint density at radius 1 is 1.43 bits per heavy atom. The van der Waals surface area contributed by atoms with Crippen molar-refractivity contribution in [2.75, 3.05) is 13.1 Å². The van der Waals surface area contributed by atoms with Gasteiger partial charge in [-0.25, -0.2) is 4.98 Å². The zero-order valence-electron chi connectivity index (χ0n) is 12.3. The Morgan fingerprint density at radius 2 is 2.14 bits per heavy atom. The summed E-state index contributed by atoms with van der Waals surface area (Å²) in [7, 11) is 0. The molecular weight excluding hydrogens is 333 g/mol. The first-order valence-corrected chi connectivity index (χ1v) is 7.48. The van der Waals surface area contributed by atoms with Crippen LogP contribution in [0.4, 0.5) is 0 Å². The third kappa shape index (κ3) is 5.71. The lowest BCUT2D eigenvalue weighted by Gasteiger charge is -2.12. The van der Waals surface area contributed by atoms with Crippen LogP contribution in [0.2, 0.25) is 0 Å². The van der Waals surface area contributed by atoms with Crippen LogP contribution in [0.25, 0.3) is 0 Å². The van der Waals surface area contributed by atoms with Crippen molar-refractivity contribution in [3.8, 4) is 0 Å². The third-order valence-corrected chi connectivity index (χ3v) is 4.45. The van der Waals surface area contributed by atoms with E-state index in [4.69, 9.17) is 10.5 Å². The number of amides is 1. The van der Waals surface area contributed by atoms with Crippen LogP contribution in [0.5, 0.6) is 0 Å². The van der Waals surface area contributed by atoms with E-state index >= 15 is 0 Å². The Kier molecular flexibility index (Phi) is 9.40. The SMILES string of the molecule is Cc1nc(C)c(CCNC(=O)[C@@H]2CC[C@H](CN)O2)s1.Cl.Cl. The molecule has 1 aliphatic rings. The van der Waals surface area contributed by atoms with Crippen molar-refractivity contribution in [3.63, 3.8) is 0 Å². The van der Waals surface area contributed by atoms with Crippen LogP contribution in [-0.4, -0.2) is 36.2 Å². The van der Waals surface area contributed by atoms with E-state index < -0.39 is 0 Å². The fourth-order valence-electron chi connectivity index (χ4n) is 2.29. The molecule has 8 heteroatoms. The van der Waals surface area contributed by atoms with Gasteiger partial charge in [-0.2, -0.15) is 0 Å². The fourth-order valence-corrected chi connectivity index (χ4v) is 3.23. The highest BCUT2D eigenvalue weighted by Gasteiger charge is 2.29. The second kappa shape index (κ2) is 9.58. The van der Waals surface area contributed by atoms with E-state index in [2.05, 4.69) is 10.3 Å². The molecule has 1 saturated heterocycles. The molecule has 2 heterocycles. The molecule has 1 aliphatic heterocycles. The first kappa shape index (κ1) is 20.6. The summed E-state index contributed by atoms with van der Waals surface area (Å²) in [5.41, 5.74) is 6.60. The van der Waals surface area contributed by atoms with Gasteiger partial charge in [-0.05, 0) is 26.7 Å². The lowest BCUT2D eigenvalue weighted by molar-refractivity contribution is -0.131. The van der Waals surface area contributed by atoms with Gasteiger partial charge in [0.2, 0.25) is 5.91 Å². The minimum atomic E-state index is -0.321. The molecule has 5 nitrogen and oxygen atoms in total. The fraction of sp³-hybridized carbons (Fsp3) is 0.692. The molecule has 0 bridgehead atoms. The number of ether oxygens (including phenoxy) is 1. The molecule has 1 aromatic heterocycles. The van der Waals surface area contributed by atoms with E-state index in [9.17, 15) is 4.79 Å². The minimum Gasteiger partial charge on any atom is -0.364 e. The number of nitrogens with two attached hydrogens (primary N) is 1. The van der Waals surface area contributed by atoms with Crippen LogP contribution >= 0.6 is 36.2 Å². The smallest absolute Gasteiger partial charge is 0.249 e. The van der Waals surface area contributed by atoms with E-state index in [-0.39, 0.29) is 42.9 Å². The molecule has 2 atom stereocenters. The molecule has 1 aromatic rings. The second-order valence-electron chi connectivity index (χ2n) is 4.84. The van der Waals surface area contributed by atoms with Gasteiger partial charge in [0.25, 0.3) is 0 Å². The number of rotatable bonds is 5. The molecule has 21 heavy (non-hydrogen) atoms. The quantitative estimate of drug-likeness (QED) is 0.843. The van der Waals surface area contributed by atoms with Gasteiger partial charge in [0.05, 0.1) is 16.8 Å². The number of carbonyl (C=O) groups excluding carboxylic acids is 1. The van der Waals surface area contributed by atoms with Crippen LogP contribution in [0, 0.1) is 13.8 Å². The van der Waals surface area contributed by atoms with E-state index in [0.717, 1.165) is 30.0 Å². The van der Waals surface area contributed by atoms with Gasteiger partial charge in [-0.1, -0.05) is 0 Å². The minimum absolute atomic E-state index is 0. The molecule has 0 spiro atoms. The summed E-state index contributed by atoms with van der Waals surface area (Å²) in [6.45, 7) is 5.13. The zero-order chi connectivity index (χ0) is 13.8. The predicted octanol–water partition coefficient (Wildman–Crippen LogP) is 1.77. The van der Waals surface area contributed by atoms with Gasteiger partial charge < -0.3 is 15.8 Å². The molecular formula is C13H23Cl2N3O2S. The van der Waals surface area contributed by atoms with Crippen molar-refractivity contribution in [1.82, 2.24) is 10.3 Å². The maximum Gasteiger partial charge on any atom is 0.249 e. The van der Waals surface area contributed by atoms with Crippen LogP contribution in [0.15, 0.2) is 0 Å². The maximum absolute atomic E-state index is 11.9. The molecule has 0 radical (unpaired) electrons. The van der Waals surface area contributed by atoms with Crippen molar-refractivity contribution in [1.29, 1.82) is 0 Å². The highest BCUT2D eigenvalue weighted by Crippen LogP contribution is 2.19. The summed E-state index contributed by atoms with van der Waals surface area (Å²) in [4.78, 5) is 17.5. The van der Waals surface area contributed by atoms with Crippen molar-refractivity contribution < 1.29 is 9.53 Å². The molecule has 1 amide bonds. The van der Waals surface area contributed by atoms with E-state index in [0.29, 0.717) is 13.1 Å². The Morgan fingerprint density at radius 3 is 2.67 bits per heavy atom. The third-order valence-electron chi connectivity index (χ3n) is 3.31. The average Bonchev–Trinajstić information content (AvgIpc) is 2.96. The number of halogens is 2. The van der Waals surface area contributed by atoms with Crippen molar-refractivity contribution >= 4 is 42.1 Å². The highest BCUT2D eigenvalue weighted by molar-refractivity contribution is 7.11.